The molecule has 0 aliphatic carbocycles. The van der Waals surface area contributed by atoms with Crippen molar-refractivity contribution in [3.05, 3.63) is 70.4 Å². The molecule has 4 aromatic rings. The smallest absolute Gasteiger partial charge is 0.276 e. The van der Waals surface area contributed by atoms with Gasteiger partial charge in [-0.1, -0.05) is 36.8 Å². The summed E-state index contributed by atoms with van der Waals surface area (Å²) in [6, 6.07) is 14.6. The fraction of sp³-hybridized carbons (Fsp3) is 0.261. The van der Waals surface area contributed by atoms with E-state index in [1.807, 2.05) is 24.3 Å². The zero-order valence-corrected chi connectivity index (χ0v) is 17.2. The first-order valence-electron chi connectivity index (χ1n) is 10.4. The Bertz CT molecular complexity index is 1350. The number of nitrogens with zero attached hydrogens (tertiary/aromatic N) is 5. The number of aryl methyl sites for hydroxylation is 2. The maximum atomic E-state index is 13.0. The monoisotopic (exact) mass is 414 g/mol. The van der Waals surface area contributed by atoms with Crippen LogP contribution < -0.4 is 10.9 Å². The Kier molecular flexibility index (Phi) is 4.82. The minimum absolute atomic E-state index is 0.208. The van der Waals surface area contributed by atoms with Crippen LogP contribution >= 0.6 is 0 Å². The predicted octanol–water partition coefficient (Wildman–Crippen LogP) is 3.17. The Labute approximate surface area is 178 Å². The Balaban J connectivity index is 1.48. The fourth-order valence-corrected chi connectivity index (χ4v) is 4.09. The first-order chi connectivity index (χ1) is 15.1. The third kappa shape index (κ3) is 3.50. The van der Waals surface area contributed by atoms with Crippen LogP contribution in [0.2, 0.25) is 0 Å². The number of carbonyl (C=O) groups excluding carboxylic acids is 1. The summed E-state index contributed by atoms with van der Waals surface area (Å²) in [6.07, 6.45) is 4.38. The summed E-state index contributed by atoms with van der Waals surface area (Å²) in [4.78, 5) is 25.4. The molecule has 8 heteroatoms. The number of benzene rings is 2. The average Bonchev–Trinajstić information content (AvgIpc) is 3.04. The quantitative estimate of drug-likeness (QED) is 0.556. The van der Waals surface area contributed by atoms with Crippen molar-refractivity contribution in [2.24, 2.45) is 7.05 Å². The van der Waals surface area contributed by atoms with E-state index in [0.29, 0.717) is 16.5 Å². The highest BCUT2D eigenvalue weighted by Crippen LogP contribution is 2.25. The van der Waals surface area contributed by atoms with Gasteiger partial charge in [-0.25, -0.2) is 4.68 Å². The van der Waals surface area contributed by atoms with Crippen LogP contribution in [-0.4, -0.2) is 30.5 Å². The molecule has 0 atom stereocenters. The summed E-state index contributed by atoms with van der Waals surface area (Å²) in [6.45, 7) is 0.905. The Morgan fingerprint density at radius 3 is 2.71 bits per heavy atom. The molecule has 3 heterocycles. The van der Waals surface area contributed by atoms with Crippen LogP contribution in [0.3, 0.4) is 0 Å². The van der Waals surface area contributed by atoms with Gasteiger partial charge >= 0.3 is 0 Å². The summed E-state index contributed by atoms with van der Waals surface area (Å²) in [5.41, 5.74) is 1.51. The third-order valence-electron chi connectivity index (χ3n) is 5.66. The van der Waals surface area contributed by atoms with E-state index in [2.05, 4.69) is 25.2 Å². The van der Waals surface area contributed by atoms with Crippen LogP contribution in [-0.2, 0) is 20.0 Å². The number of amides is 1. The molecule has 2 aromatic heterocycles. The van der Waals surface area contributed by atoms with Gasteiger partial charge in [0.1, 0.15) is 5.82 Å². The largest absolute Gasteiger partial charge is 0.321 e. The van der Waals surface area contributed by atoms with Gasteiger partial charge in [0.05, 0.1) is 5.39 Å². The van der Waals surface area contributed by atoms with E-state index in [-0.39, 0.29) is 17.2 Å². The molecule has 0 radical (unpaired) electrons. The highest BCUT2D eigenvalue weighted by Gasteiger charge is 2.18. The lowest BCUT2D eigenvalue weighted by Crippen LogP contribution is -2.25. The van der Waals surface area contributed by atoms with Crippen molar-refractivity contribution < 1.29 is 4.79 Å². The van der Waals surface area contributed by atoms with Gasteiger partial charge in [0, 0.05) is 36.7 Å². The lowest BCUT2D eigenvalue weighted by atomic mass is 10.1. The van der Waals surface area contributed by atoms with Crippen LogP contribution in [0.4, 0.5) is 5.69 Å². The number of aromatic nitrogens is 5. The van der Waals surface area contributed by atoms with Gasteiger partial charge in [-0.15, -0.1) is 10.2 Å². The van der Waals surface area contributed by atoms with Gasteiger partial charge < -0.3 is 9.88 Å². The molecular weight excluding hydrogens is 392 g/mol. The molecule has 1 N–H and O–H groups in total. The van der Waals surface area contributed by atoms with E-state index in [1.165, 1.54) is 11.1 Å². The maximum absolute atomic E-state index is 13.0. The van der Waals surface area contributed by atoms with E-state index in [0.717, 1.165) is 43.0 Å². The van der Waals surface area contributed by atoms with Crippen molar-refractivity contribution in [2.45, 2.75) is 32.2 Å². The number of hydrogen-bond donors (Lipinski definition) is 1. The molecule has 5 rings (SSSR count). The molecule has 0 fully saturated rings. The van der Waals surface area contributed by atoms with Gasteiger partial charge in [0.25, 0.3) is 11.5 Å². The molecule has 156 valence electrons. The molecular formula is C23H22N6O2. The van der Waals surface area contributed by atoms with E-state index in [1.54, 1.807) is 31.3 Å². The van der Waals surface area contributed by atoms with Crippen molar-refractivity contribution in [3.8, 4) is 11.4 Å². The number of anilines is 1. The Hall–Kier alpha value is -3.81. The summed E-state index contributed by atoms with van der Waals surface area (Å²) in [5, 5.41) is 16.9. The second-order valence-corrected chi connectivity index (χ2v) is 7.76. The fourth-order valence-electron chi connectivity index (χ4n) is 4.09. The van der Waals surface area contributed by atoms with E-state index < -0.39 is 0 Å². The van der Waals surface area contributed by atoms with E-state index in [4.69, 9.17) is 0 Å². The van der Waals surface area contributed by atoms with Crippen LogP contribution in [0.25, 0.3) is 22.2 Å². The van der Waals surface area contributed by atoms with Crippen LogP contribution in [0.15, 0.2) is 53.3 Å². The van der Waals surface area contributed by atoms with Crippen molar-refractivity contribution in [3.63, 3.8) is 0 Å². The highest BCUT2D eigenvalue weighted by atomic mass is 16.2. The molecule has 0 bridgehead atoms. The number of rotatable bonds is 3. The Morgan fingerprint density at radius 2 is 1.84 bits per heavy atom. The molecule has 0 unspecified atom stereocenters. The summed E-state index contributed by atoms with van der Waals surface area (Å²) >= 11 is 0. The molecule has 0 saturated carbocycles. The molecule has 2 aromatic carbocycles. The van der Waals surface area contributed by atoms with Crippen LogP contribution in [0, 0.1) is 0 Å². The maximum Gasteiger partial charge on any atom is 0.276 e. The van der Waals surface area contributed by atoms with Crippen molar-refractivity contribution in [1.82, 2.24) is 24.5 Å². The minimum atomic E-state index is -0.371. The minimum Gasteiger partial charge on any atom is -0.321 e. The second kappa shape index (κ2) is 7.79. The van der Waals surface area contributed by atoms with Gasteiger partial charge in [-0.3, -0.25) is 9.59 Å². The predicted molar refractivity (Wildman–Crippen MR) is 118 cm³/mol. The number of fused-ring (bicyclic) bond motifs is 2. The first kappa shape index (κ1) is 19.2. The van der Waals surface area contributed by atoms with Gasteiger partial charge in [0.15, 0.2) is 11.5 Å². The number of nitrogens with one attached hydrogen (secondary N) is 1. The van der Waals surface area contributed by atoms with Gasteiger partial charge in [0.2, 0.25) is 0 Å². The van der Waals surface area contributed by atoms with Crippen LogP contribution in [0.5, 0.6) is 0 Å². The average molecular weight is 414 g/mol. The summed E-state index contributed by atoms with van der Waals surface area (Å²) in [7, 11) is 1.54. The molecule has 8 nitrogen and oxygen atoms in total. The highest BCUT2D eigenvalue weighted by molar-refractivity contribution is 6.11. The van der Waals surface area contributed by atoms with Gasteiger partial charge in [-0.05, 0) is 31.0 Å². The summed E-state index contributed by atoms with van der Waals surface area (Å²) < 4.78 is 3.37. The lowest BCUT2D eigenvalue weighted by Gasteiger charge is -2.11. The normalized spacial score (nSPS) is 13.6. The van der Waals surface area contributed by atoms with Gasteiger partial charge in [-0.2, -0.15) is 5.10 Å². The summed E-state index contributed by atoms with van der Waals surface area (Å²) in [5.74, 6) is 1.46. The SMILES string of the molecule is Cn1nc(C(=O)Nc2cccc(-c3nnc4n3CCCCC4)c2)c2ccccc2c1=O. The van der Waals surface area contributed by atoms with Crippen molar-refractivity contribution in [2.75, 3.05) is 5.32 Å². The topological polar surface area (TPSA) is 94.7 Å². The lowest BCUT2D eigenvalue weighted by molar-refractivity contribution is 0.102. The molecule has 31 heavy (non-hydrogen) atoms. The Morgan fingerprint density at radius 1 is 1.00 bits per heavy atom. The zero-order chi connectivity index (χ0) is 21.4. The first-order valence-corrected chi connectivity index (χ1v) is 10.4. The number of carbonyl (C=O) groups is 1. The third-order valence-corrected chi connectivity index (χ3v) is 5.66. The van der Waals surface area contributed by atoms with E-state index in [9.17, 15) is 9.59 Å². The molecule has 1 aliphatic heterocycles. The van der Waals surface area contributed by atoms with E-state index >= 15 is 0 Å². The molecule has 0 saturated heterocycles. The van der Waals surface area contributed by atoms with Crippen LogP contribution in [0.1, 0.15) is 35.6 Å². The molecule has 1 amide bonds. The standard InChI is InChI=1S/C23H22N6O2/c1-28-23(31)18-11-5-4-10-17(18)20(27-28)22(30)24-16-9-7-8-15(14-16)21-26-25-19-12-3-2-6-13-29(19)21/h4-5,7-11,14H,2-3,6,12-13H2,1H3,(H,24,30). The molecule has 0 spiro atoms. The zero-order valence-electron chi connectivity index (χ0n) is 17.2. The molecule has 1 aliphatic rings. The number of hydrogen-bond acceptors (Lipinski definition) is 5. The van der Waals surface area contributed by atoms with Crippen molar-refractivity contribution in [1.29, 1.82) is 0 Å². The van der Waals surface area contributed by atoms with Crippen molar-refractivity contribution >= 4 is 22.4 Å². The second-order valence-electron chi connectivity index (χ2n) is 7.76.